The number of phenols is 1. The van der Waals surface area contributed by atoms with Crippen LogP contribution in [0.25, 0.3) is 0 Å². The summed E-state index contributed by atoms with van der Waals surface area (Å²) in [5, 5.41) is 47.8. The number of phenolic OH excluding ortho intramolecular Hbond substituents is 1. The van der Waals surface area contributed by atoms with Crippen molar-refractivity contribution in [1.29, 1.82) is 0 Å². The Balaban J connectivity index is 1.66. The van der Waals surface area contributed by atoms with E-state index in [4.69, 9.17) is 11.6 Å². The van der Waals surface area contributed by atoms with E-state index in [1.54, 1.807) is 12.1 Å². The van der Waals surface area contributed by atoms with Crippen LogP contribution >= 0.6 is 11.6 Å². The fourth-order valence-corrected chi connectivity index (χ4v) is 3.73. The Hall–Kier alpha value is -5.57. The van der Waals surface area contributed by atoms with Gasteiger partial charge in [0.25, 0.3) is 29.1 Å². The Morgan fingerprint density at radius 1 is 0.829 bits per heavy atom. The number of nitrogens with one attached hydrogen (secondary N) is 3. The number of aliphatic carboxylic acids is 1. The van der Waals surface area contributed by atoms with Gasteiger partial charge in [0.15, 0.2) is 0 Å². The maximum Gasteiger partial charge on any atom is 0.328 e. The first-order valence-corrected chi connectivity index (χ1v) is 11.8. The van der Waals surface area contributed by atoms with Gasteiger partial charge in [-0.3, -0.25) is 34.6 Å². The number of nitro groups is 2. The van der Waals surface area contributed by atoms with Gasteiger partial charge < -0.3 is 26.2 Å². The second kappa shape index (κ2) is 13.0. The van der Waals surface area contributed by atoms with Crippen molar-refractivity contribution in [3.05, 3.63) is 108 Å². The lowest BCUT2D eigenvalue weighted by molar-refractivity contribution is -0.394. The molecule has 41 heavy (non-hydrogen) atoms. The second-order valence-electron chi connectivity index (χ2n) is 8.37. The average molecular weight is 586 g/mol. The highest BCUT2D eigenvalue weighted by Crippen LogP contribution is 2.23. The number of halogens is 1. The summed E-state index contributed by atoms with van der Waals surface area (Å²) in [7, 11) is 0. The summed E-state index contributed by atoms with van der Waals surface area (Å²) in [6, 6.07) is 10.4. The highest BCUT2D eigenvalue weighted by atomic mass is 35.5. The first-order chi connectivity index (χ1) is 19.3. The van der Waals surface area contributed by atoms with Gasteiger partial charge in [-0.1, -0.05) is 23.7 Å². The molecule has 3 aromatic carbocycles. The van der Waals surface area contributed by atoms with Crippen LogP contribution in [0.2, 0.25) is 5.02 Å². The van der Waals surface area contributed by atoms with E-state index in [1.165, 1.54) is 30.3 Å². The monoisotopic (exact) mass is 585 g/mol. The minimum Gasteiger partial charge on any atom is -0.508 e. The maximum absolute atomic E-state index is 12.7. The minimum atomic E-state index is -1.69. The zero-order valence-corrected chi connectivity index (χ0v) is 21.5. The van der Waals surface area contributed by atoms with Crippen LogP contribution < -0.4 is 16.0 Å². The van der Waals surface area contributed by atoms with E-state index >= 15 is 0 Å². The Morgan fingerprint density at radius 3 is 2.02 bits per heavy atom. The SMILES string of the molecule is O=C(NCc1cccc(O)c1)c1ccc(C(=O)N[C@@H](CNC(=O)c2cc([N+](=O)[O-])cc([N+](=O)[O-])c2)C(=O)O)c(Cl)c1. The highest BCUT2D eigenvalue weighted by molar-refractivity contribution is 6.34. The number of rotatable bonds is 11. The van der Waals surface area contributed by atoms with Crippen molar-refractivity contribution in [2.75, 3.05) is 6.54 Å². The summed E-state index contributed by atoms with van der Waals surface area (Å²) in [6.07, 6.45) is 0. The number of benzene rings is 3. The van der Waals surface area contributed by atoms with E-state index in [-0.39, 0.29) is 28.4 Å². The van der Waals surface area contributed by atoms with Crippen molar-refractivity contribution in [3.8, 4) is 5.75 Å². The fraction of sp³-hybridized carbons (Fsp3) is 0.120. The number of carbonyl (C=O) groups excluding carboxylic acids is 3. The zero-order chi connectivity index (χ0) is 30.3. The van der Waals surface area contributed by atoms with Crippen LogP contribution in [-0.4, -0.2) is 56.3 Å². The summed E-state index contributed by atoms with van der Waals surface area (Å²) in [5.41, 5.74) is -1.36. The molecular formula is C25H20ClN5O10. The molecule has 0 saturated carbocycles. The maximum atomic E-state index is 12.7. The molecule has 212 valence electrons. The van der Waals surface area contributed by atoms with Gasteiger partial charge in [-0.15, -0.1) is 0 Å². The number of amides is 3. The lowest BCUT2D eigenvalue weighted by atomic mass is 10.1. The second-order valence-corrected chi connectivity index (χ2v) is 8.78. The van der Waals surface area contributed by atoms with Crippen LogP contribution in [0.15, 0.2) is 60.7 Å². The largest absolute Gasteiger partial charge is 0.508 e. The van der Waals surface area contributed by atoms with E-state index < -0.39 is 63.1 Å². The molecule has 0 fully saturated rings. The van der Waals surface area contributed by atoms with Crippen molar-refractivity contribution in [3.63, 3.8) is 0 Å². The van der Waals surface area contributed by atoms with Gasteiger partial charge in [0, 0.05) is 30.8 Å². The molecule has 15 nitrogen and oxygen atoms in total. The molecule has 0 bridgehead atoms. The third kappa shape index (κ3) is 7.96. The van der Waals surface area contributed by atoms with Crippen LogP contribution in [0.3, 0.4) is 0 Å². The summed E-state index contributed by atoms with van der Waals surface area (Å²) < 4.78 is 0. The van der Waals surface area contributed by atoms with E-state index in [0.717, 1.165) is 12.1 Å². The molecule has 0 unspecified atom stereocenters. The van der Waals surface area contributed by atoms with Gasteiger partial charge in [0.05, 0.1) is 32.1 Å². The van der Waals surface area contributed by atoms with Crippen LogP contribution in [0.5, 0.6) is 5.75 Å². The number of nitro benzene ring substituents is 2. The standard InChI is InChI=1S/C25H20ClN5O10/c26-20-9-14(22(33)27-11-13-2-1-3-18(32)6-13)4-5-19(20)24(35)29-21(25(36)37)12-28-23(34)15-7-16(30(38)39)10-17(8-15)31(40)41/h1-10,21,32H,11-12H2,(H,27,33)(H,28,34)(H,29,35)(H,36,37)/t21-/m0/s1. The molecule has 0 heterocycles. The van der Waals surface area contributed by atoms with E-state index in [1.807, 2.05) is 0 Å². The van der Waals surface area contributed by atoms with Crippen molar-refractivity contribution in [2.45, 2.75) is 12.6 Å². The molecule has 0 aromatic heterocycles. The quantitative estimate of drug-likeness (QED) is 0.163. The van der Waals surface area contributed by atoms with Gasteiger partial charge in [-0.05, 0) is 35.9 Å². The molecule has 0 saturated heterocycles. The number of carbonyl (C=O) groups is 4. The number of nitrogens with zero attached hydrogens (tertiary/aromatic N) is 2. The number of hydrogen-bond donors (Lipinski definition) is 5. The predicted octanol–water partition coefficient (Wildman–Crippen LogP) is 2.40. The lowest BCUT2D eigenvalue weighted by Gasteiger charge is -2.16. The van der Waals surface area contributed by atoms with Crippen LogP contribution in [0.4, 0.5) is 11.4 Å². The van der Waals surface area contributed by atoms with Gasteiger partial charge in [0.1, 0.15) is 11.8 Å². The number of carboxylic acid groups (broad SMARTS) is 1. The van der Waals surface area contributed by atoms with E-state index in [9.17, 15) is 49.6 Å². The van der Waals surface area contributed by atoms with Crippen LogP contribution in [0.1, 0.15) is 36.6 Å². The molecule has 0 aliphatic carbocycles. The summed E-state index contributed by atoms with van der Waals surface area (Å²) in [6.45, 7) is -0.591. The van der Waals surface area contributed by atoms with Gasteiger partial charge in [-0.2, -0.15) is 0 Å². The van der Waals surface area contributed by atoms with Gasteiger partial charge in [-0.25, -0.2) is 4.79 Å². The average Bonchev–Trinajstić information content (AvgIpc) is 2.93. The normalized spacial score (nSPS) is 11.1. The van der Waals surface area contributed by atoms with Crippen molar-refractivity contribution in [2.24, 2.45) is 0 Å². The van der Waals surface area contributed by atoms with E-state index in [2.05, 4.69) is 16.0 Å². The first kappa shape index (κ1) is 30.0. The molecule has 16 heteroatoms. The first-order valence-electron chi connectivity index (χ1n) is 11.5. The Morgan fingerprint density at radius 2 is 1.46 bits per heavy atom. The topological polar surface area (TPSA) is 231 Å². The van der Waals surface area contributed by atoms with Crippen LogP contribution in [-0.2, 0) is 11.3 Å². The molecule has 1 atom stereocenters. The van der Waals surface area contributed by atoms with Crippen LogP contribution in [0, 0.1) is 20.2 Å². The molecule has 5 N–H and O–H groups in total. The summed E-state index contributed by atoms with van der Waals surface area (Å²) in [5.74, 6) is -4.06. The fourth-order valence-electron chi connectivity index (χ4n) is 3.46. The molecule has 3 rings (SSSR count). The van der Waals surface area contributed by atoms with Gasteiger partial charge >= 0.3 is 5.97 Å². The summed E-state index contributed by atoms with van der Waals surface area (Å²) >= 11 is 6.16. The molecule has 3 amide bonds. The molecular weight excluding hydrogens is 566 g/mol. The number of carboxylic acids is 1. The Bertz CT molecular complexity index is 1530. The molecule has 0 radical (unpaired) electrons. The predicted molar refractivity (Wildman–Crippen MR) is 142 cm³/mol. The Kier molecular flexibility index (Phi) is 9.50. The van der Waals surface area contributed by atoms with Crippen molar-refractivity contribution < 1.29 is 39.2 Å². The third-order valence-corrected chi connectivity index (χ3v) is 5.81. The molecule has 0 spiro atoms. The highest BCUT2D eigenvalue weighted by Gasteiger charge is 2.25. The lowest BCUT2D eigenvalue weighted by Crippen LogP contribution is -2.48. The number of non-ortho nitro benzene ring substituents is 2. The molecule has 3 aromatic rings. The molecule has 0 aliphatic rings. The minimum absolute atomic E-state index is 0.0300. The smallest absolute Gasteiger partial charge is 0.328 e. The van der Waals surface area contributed by atoms with Gasteiger partial charge in [0.2, 0.25) is 0 Å². The summed E-state index contributed by atoms with van der Waals surface area (Å²) in [4.78, 5) is 69.5. The number of hydrogen-bond acceptors (Lipinski definition) is 9. The Labute approximate surface area is 235 Å². The van der Waals surface area contributed by atoms with E-state index in [0.29, 0.717) is 11.6 Å². The molecule has 0 aliphatic heterocycles. The van der Waals surface area contributed by atoms with Crippen molar-refractivity contribution in [1.82, 2.24) is 16.0 Å². The third-order valence-electron chi connectivity index (χ3n) is 5.50. The van der Waals surface area contributed by atoms with Crippen molar-refractivity contribution >= 4 is 46.7 Å². The zero-order valence-electron chi connectivity index (χ0n) is 20.7. The number of aromatic hydroxyl groups is 1.